The summed E-state index contributed by atoms with van der Waals surface area (Å²) in [6.45, 7) is 7.85. The minimum atomic E-state index is -0.689. The molecule has 0 spiro atoms. The largest absolute Gasteiger partial charge is 0.462 e. The molecule has 7 nitrogen and oxygen atoms in total. The number of aryl methyl sites for hydroxylation is 1. The standard InChI is InChI=1S/C23H26N2O5/c1-6-29-22(26)18-7-9-21(10-8-18)25-15(2)11-19(17(25)4)12-20(13-24)23(27)30-16(3)14-28-5/h7-12,16H,6,14H2,1-5H3/b20-12+/t16-/m1/s1. The molecule has 0 unspecified atom stereocenters. The van der Waals surface area contributed by atoms with E-state index in [1.807, 2.05) is 42.7 Å². The number of ether oxygens (including phenoxy) is 3. The molecular formula is C23H26N2O5. The van der Waals surface area contributed by atoms with Gasteiger partial charge < -0.3 is 18.8 Å². The lowest BCUT2D eigenvalue weighted by Gasteiger charge is -2.11. The fourth-order valence-corrected chi connectivity index (χ4v) is 3.10. The molecule has 0 aliphatic carbocycles. The van der Waals surface area contributed by atoms with Gasteiger partial charge in [0, 0.05) is 24.2 Å². The molecule has 0 saturated heterocycles. The highest BCUT2D eigenvalue weighted by Gasteiger charge is 2.17. The van der Waals surface area contributed by atoms with Crippen LogP contribution in [0.1, 0.15) is 41.2 Å². The third-order valence-corrected chi connectivity index (χ3v) is 4.46. The number of aromatic nitrogens is 1. The van der Waals surface area contributed by atoms with Crippen molar-refractivity contribution in [3.63, 3.8) is 0 Å². The van der Waals surface area contributed by atoms with E-state index in [4.69, 9.17) is 14.2 Å². The van der Waals surface area contributed by atoms with Gasteiger partial charge in [0.05, 0.1) is 18.8 Å². The number of nitrogens with zero attached hydrogens (tertiary/aromatic N) is 2. The van der Waals surface area contributed by atoms with E-state index in [0.717, 1.165) is 22.6 Å². The van der Waals surface area contributed by atoms with Crippen molar-refractivity contribution in [2.45, 2.75) is 33.8 Å². The van der Waals surface area contributed by atoms with E-state index in [1.54, 1.807) is 26.0 Å². The first-order chi connectivity index (χ1) is 14.3. The molecule has 1 aromatic heterocycles. The first-order valence-electron chi connectivity index (χ1n) is 9.60. The predicted molar refractivity (Wildman–Crippen MR) is 112 cm³/mol. The molecule has 7 heteroatoms. The third kappa shape index (κ3) is 5.37. The van der Waals surface area contributed by atoms with Crippen LogP contribution in [0.25, 0.3) is 11.8 Å². The molecule has 0 radical (unpaired) electrons. The number of benzene rings is 1. The monoisotopic (exact) mass is 410 g/mol. The van der Waals surface area contributed by atoms with Gasteiger partial charge in [0.15, 0.2) is 0 Å². The van der Waals surface area contributed by atoms with Crippen LogP contribution in [0.2, 0.25) is 0 Å². The Morgan fingerprint density at radius 3 is 2.47 bits per heavy atom. The summed E-state index contributed by atoms with van der Waals surface area (Å²) in [6, 6.07) is 10.9. The number of hydrogen-bond acceptors (Lipinski definition) is 6. The van der Waals surface area contributed by atoms with Gasteiger partial charge in [0.25, 0.3) is 0 Å². The first-order valence-corrected chi connectivity index (χ1v) is 9.60. The second kappa shape index (κ2) is 10.4. The summed E-state index contributed by atoms with van der Waals surface area (Å²) in [5.41, 5.74) is 3.74. The molecule has 2 rings (SSSR count). The second-order valence-electron chi connectivity index (χ2n) is 6.77. The summed E-state index contributed by atoms with van der Waals surface area (Å²) in [7, 11) is 1.51. The van der Waals surface area contributed by atoms with Crippen LogP contribution in [0, 0.1) is 25.2 Å². The quantitative estimate of drug-likeness (QED) is 0.374. The summed E-state index contributed by atoms with van der Waals surface area (Å²) >= 11 is 0. The third-order valence-electron chi connectivity index (χ3n) is 4.46. The zero-order valence-electron chi connectivity index (χ0n) is 17.9. The normalized spacial score (nSPS) is 12.2. The maximum atomic E-state index is 12.3. The molecule has 0 saturated carbocycles. The van der Waals surface area contributed by atoms with E-state index >= 15 is 0 Å². The summed E-state index contributed by atoms with van der Waals surface area (Å²) in [5, 5.41) is 9.41. The van der Waals surface area contributed by atoms with E-state index in [-0.39, 0.29) is 18.1 Å². The zero-order chi connectivity index (χ0) is 22.3. The minimum Gasteiger partial charge on any atom is -0.462 e. The number of carbonyl (C=O) groups is 2. The molecule has 1 atom stereocenters. The number of hydrogen-bond donors (Lipinski definition) is 0. The van der Waals surface area contributed by atoms with Crippen molar-refractivity contribution in [1.82, 2.24) is 4.57 Å². The van der Waals surface area contributed by atoms with Crippen molar-refractivity contribution < 1.29 is 23.8 Å². The van der Waals surface area contributed by atoms with Gasteiger partial charge in [-0.05, 0) is 69.7 Å². The van der Waals surface area contributed by atoms with Crippen molar-refractivity contribution in [3.05, 3.63) is 58.4 Å². The fraction of sp³-hybridized carbons (Fsp3) is 0.348. The number of methoxy groups -OCH3 is 1. The van der Waals surface area contributed by atoms with Crippen LogP contribution in [0.5, 0.6) is 0 Å². The van der Waals surface area contributed by atoms with Crippen LogP contribution in [-0.4, -0.2) is 42.9 Å². The highest BCUT2D eigenvalue weighted by atomic mass is 16.6. The average molecular weight is 410 g/mol. The zero-order valence-corrected chi connectivity index (χ0v) is 17.9. The summed E-state index contributed by atoms with van der Waals surface area (Å²) in [6.07, 6.45) is 1.07. The van der Waals surface area contributed by atoms with Crippen molar-refractivity contribution in [2.24, 2.45) is 0 Å². The SMILES string of the molecule is CCOC(=O)c1ccc(-n2c(C)cc(/C=C(\C#N)C(=O)O[C@H](C)COC)c2C)cc1. The van der Waals surface area contributed by atoms with Gasteiger partial charge >= 0.3 is 11.9 Å². The van der Waals surface area contributed by atoms with E-state index in [9.17, 15) is 14.9 Å². The van der Waals surface area contributed by atoms with Crippen LogP contribution in [0.4, 0.5) is 0 Å². The Kier molecular flexibility index (Phi) is 7.96. The lowest BCUT2D eigenvalue weighted by Crippen LogP contribution is -2.20. The Balaban J connectivity index is 2.32. The molecule has 1 aromatic carbocycles. The number of carbonyl (C=O) groups excluding carboxylic acids is 2. The maximum Gasteiger partial charge on any atom is 0.349 e. The molecule has 0 aliphatic rings. The second-order valence-corrected chi connectivity index (χ2v) is 6.77. The minimum absolute atomic E-state index is 0.0872. The fourth-order valence-electron chi connectivity index (χ4n) is 3.10. The number of esters is 2. The summed E-state index contributed by atoms with van der Waals surface area (Å²) in [4.78, 5) is 24.1. The van der Waals surface area contributed by atoms with E-state index in [2.05, 4.69) is 0 Å². The van der Waals surface area contributed by atoms with Crippen LogP contribution in [0.15, 0.2) is 35.9 Å². The van der Waals surface area contributed by atoms with Gasteiger partial charge in [-0.3, -0.25) is 0 Å². The van der Waals surface area contributed by atoms with Gasteiger partial charge in [0.2, 0.25) is 0 Å². The average Bonchev–Trinajstić information content (AvgIpc) is 2.99. The smallest absolute Gasteiger partial charge is 0.349 e. The van der Waals surface area contributed by atoms with Crippen molar-refractivity contribution in [3.8, 4) is 11.8 Å². The molecule has 0 amide bonds. The Morgan fingerprint density at radius 2 is 1.90 bits per heavy atom. The predicted octanol–water partition coefficient (Wildman–Crippen LogP) is 3.76. The van der Waals surface area contributed by atoms with Crippen molar-refractivity contribution in [2.75, 3.05) is 20.3 Å². The molecule has 0 bridgehead atoms. The molecule has 2 aromatic rings. The molecule has 0 N–H and O–H groups in total. The summed E-state index contributed by atoms with van der Waals surface area (Å²) in [5.74, 6) is -1.06. The van der Waals surface area contributed by atoms with Crippen molar-refractivity contribution in [1.29, 1.82) is 5.26 Å². The van der Waals surface area contributed by atoms with Crippen LogP contribution >= 0.6 is 0 Å². The molecule has 158 valence electrons. The Hall–Kier alpha value is -3.37. The van der Waals surface area contributed by atoms with Crippen LogP contribution < -0.4 is 0 Å². The van der Waals surface area contributed by atoms with Crippen LogP contribution in [0.3, 0.4) is 0 Å². The molecule has 0 fully saturated rings. The Labute approximate surface area is 176 Å². The van der Waals surface area contributed by atoms with E-state index in [0.29, 0.717) is 12.2 Å². The number of nitriles is 1. The Morgan fingerprint density at radius 1 is 1.23 bits per heavy atom. The van der Waals surface area contributed by atoms with Crippen LogP contribution in [-0.2, 0) is 19.0 Å². The molecule has 1 heterocycles. The topological polar surface area (TPSA) is 90.6 Å². The molecule has 30 heavy (non-hydrogen) atoms. The highest BCUT2D eigenvalue weighted by molar-refractivity contribution is 5.98. The van der Waals surface area contributed by atoms with Gasteiger partial charge in [-0.1, -0.05) is 0 Å². The molecular weight excluding hydrogens is 384 g/mol. The highest BCUT2D eigenvalue weighted by Crippen LogP contribution is 2.23. The lowest BCUT2D eigenvalue weighted by atomic mass is 10.1. The van der Waals surface area contributed by atoms with Gasteiger partial charge in [0.1, 0.15) is 17.7 Å². The maximum absolute atomic E-state index is 12.3. The molecule has 0 aliphatic heterocycles. The Bertz CT molecular complexity index is 980. The van der Waals surface area contributed by atoms with Gasteiger partial charge in [-0.15, -0.1) is 0 Å². The van der Waals surface area contributed by atoms with Gasteiger partial charge in [-0.25, -0.2) is 9.59 Å². The van der Waals surface area contributed by atoms with E-state index in [1.165, 1.54) is 13.2 Å². The first kappa shape index (κ1) is 22.9. The van der Waals surface area contributed by atoms with Gasteiger partial charge in [-0.2, -0.15) is 5.26 Å². The van der Waals surface area contributed by atoms with E-state index < -0.39 is 12.1 Å². The van der Waals surface area contributed by atoms with Crippen molar-refractivity contribution >= 4 is 18.0 Å². The summed E-state index contributed by atoms with van der Waals surface area (Å²) < 4.78 is 17.2. The lowest BCUT2D eigenvalue weighted by molar-refractivity contribution is -0.145. The number of rotatable bonds is 8.